The molecule has 0 bridgehead atoms. The highest BCUT2D eigenvalue weighted by atomic mass is 35.5. The number of halogens is 2. The largest absolute Gasteiger partial charge is 0.352 e. The summed E-state index contributed by atoms with van der Waals surface area (Å²) in [6.45, 7) is 0.512. The predicted octanol–water partition coefficient (Wildman–Crippen LogP) is 2.78. The number of nitrogens with two attached hydrogens (primary N) is 1. The highest BCUT2D eigenvalue weighted by Crippen LogP contribution is 2.32. The molecule has 19 heavy (non-hydrogen) atoms. The van der Waals surface area contributed by atoms with Gasteiger partial charge < -0.3 is 11.1 Å². The molecule has 1 aromatic carbocycles. The van der Waals surface area contributed by atoms with Crippen LogP contribution >= 0.6 is 23.2 Å². The molecule has 2 rings (SSSR count). The van der Waals surface area contributed by atoms with Gasteiger partial charge in [-0.05, 0) is 42.9 Å². The molecule has 0 radical (unpaired) electrons. The van der Waals surface area contributed by atoms with Crippen molar-refractivity contribution in [2.75, 3.05) is 6.54 Å². The van der Waals surface area contributed by atoms with Gasteiger partial charge >= 0.3 is 0 Å². The smallest absolute Gasteiger partial charge is 0.220 e. The molecule has 104 valence electrons. The molecule has 1 unspecified atom stereocenters. The first kappa shape index (κ1) is 14.6. The number of hydrogen-bond acceptors (Lipinski definition) is 2. The quantitative estimate of drug-likeness (QED) is 0.849. The SMILES string of the molecule is NCC(NC(=O)CCc1ccc(Cl)cc1Cl)C1CC1. The predicted molar refractivity (Wildman–Crippen MR) is 78.5 cm³/mol. The minimum absolute atomic E-state index is 0.0355. The number of carbonyl (C=O) groups is 1. The number of amides is 1. The second-order valence-electron chi connectivity index (χ2n) is 4.98. The Bertz CT molecular complexity index is 461. The van der Waals surface area contributed by atoms with Crippen molar-refractivity contribution in [1.82, 2.24) is 5.32 Å². The van der Waals surface area contributed by atoms with Gasteiger partial charge in [-0.3, -0.25) is 4.79 Å². The molecule has 1 aromatic rings. The Labute approximate surface area is 123 Å². The standard InChI is InChI=1S/C14H18Cl2N2O/c15-11-5-3-9(12(16)7-11)4-6-14(19)18-13(8-17)10-1-2-10/h3,5,7,10,13H,1-2,4,6,8,17H2,(H,18,19). The van der Waals surface area contributed by atoms with E-state index in [1.807, 2.05) is 6.07 Å². The van der Waals surface area contributed by atoms with E-state index < -0.39 is 0 Å². The molecule has 0 saturated heterocycles. The second kappa shape index (κ2) is 6.60. The molecule has 1 amide bonds. The van der Waals surface area contributed by atoms with Gasteiger partial charge in [-0.15, -0.1) is 0 Å². The monoisotopic (exact) mass is 300 g/mol. The molecule has 1 fully saturated rings. The molecule has 1 aliphatic rings. The average molecular weight is 301 g/mol. The van der Waals surface area contributed by atoms with Gasteiger partial charge in [0, 0.05) is 29.1 Å². The summed E-state index contributed by atoms with van der Waals surface area (Å²) < 4.78 is 0. The van der Waals surface area contributed by atoms with Crippen LogP contribution < -0.4 is 11.1 Å². The van der Waals surface area contributed by atoms with Crippen LogP contribution in [0.3, 0.4) is 0 Å². The summed E-state index contributed by atoms with van der Waals surface area (Å²) in [5, 5.41) is 4.21. The molecule has 3 nitrogen and oxygen atoms in total. The van der Waals surface area contributed by atoms with Crippen LogP contribution in [-0.4, -0.2) is 18.5 Å². The van der Waals surface area contributed by atoms with E-state index in [0.717, 1.165) is 5.56 Å². The normalized spacial score (nSPS) is 16.2. The maximum absolute atomic E-state index is 11.9. The summed E-state index contributed by atoms with van der Waals surface area (Å²) in [5.41, 5.74) is 6.60. The van der Waals surface area contributed by atoms with E-state index >= 15 is 0 Å². The Morgan fingerprint density at radius 3 is 2.74 bits per heavy atom. The van der Waals surface area contributed by atoms with E-state index in [2.05, 4.69) is 5.32 Å². The number of rotatable bonds is 6. The molecular formula is C14H18Cl2N2O. The van der Waals surface area contributed by atoms with Crippen molar-refractivity contribution in [2.24, 2.45) is 11.7 Å². The summed E-state index contributed by atoms with van der Waals surface area (Å²) in [5.74, 6) is 0.612. The Kier molecular flexibility index (Phi) is 5.08. The molecule has 0 aliphatic heterocycles. The van der Waals surface area contributed by atoms with Crippen molar-refractivity contribution < 1.29 is 4.79 Å². The zero-order valence-corrected chi connectivity index (χ0v) is 12.2. The van der Waals surface area contributed by atoms with Gasteiger partial charge in [-0.1, -0.05) is 29.3 Å². The van der Waals surface area contributed by atoms with Crippen LogP contribution in [0.1, 0.15) is 24.8 Å². The van der Waals surface area contributed by atoms with Crippen LogP contribution in [0, 0.1) is 5.92 Å². The summed E-state index contributed by atoms with van der Waals surface area (Å²) in [6, 6.07) is 5.48. The van der Waals surface area contributed by atoms with Crippen LogP contribution in [0.5, 0.6) is 0 Å². The van der Waals surface area contributed by atoms with Crippen LogP contribution in [0.2, 0.25) is 10.0 Å². The van der Waals surface area contributed by atoms with Gasteiger partial charge in [0.05, 0.1) is 0 Å². The van der Waals surface area contributed by atoms with Crippen LogP contribution in [0.25, 0.3) is 0 Å². The van der Waals surface area contributed by atoms with Crippen molar-refractivity contribution >= 4 is 29.1 Å². The first-order chi connectivity index (χ1) is 9.10. The van der Waals surface area contributed by atoms with Crippen LogP contribution in [-0.2, 0) is 11.2 Å². The fraction of sp³-hybridized carbons (Fsp3) is 0.500. The lowest BCUT2D eigenvalue weighted by Crippen LogP contribution is -2.41. The molecule has 1 atom stereocenters. The first-order valence-corrected chi connectivity index (χ1v) is 7.29. The lowest BCUT2D eigenvalue weighted by atomic mass is 10.1. The van der Waals surface area contributed by atoms with Crippen molar-refractivity contribution in [1.29, 1.82) is 0 Å². The minimum atomic E-state index is 0.0355. The van der Waals surface area contributed by atoms with E-state index in [0.29, 0.717) is 35.3 Å². The molecular weight excluding hydrogens is 283 g/mol. The minimum Gasteiger partial charge on any atom is -0.352 e. The maximum Gasteiger partial charge on any atom is 0.220 e. The Balaban J connectivity index is 1.82. The molecule has 3 N–H and O–H groups in total. The third kappa shape index (κ3) is 4.37. The van der Waals surface area contributed by atoms with Crippen molar-refractivity contribution in [3.8, 4) is 0 Å². The lowest BCUT2D eigenvalue weighted by Gasteiger charge is -2.16. The second-order valence-corrected chi connectivity index (χ2v) is 5.83. The zero-order valence-electron chi connectivity index (χ0n) is 10.7. The topological polar surface area (TPSA) is 55.1 Å². The van der Waals surface area contributed by atoms with Gasteiger partial charge in [0.2, 0.25) is 5.91 Å². The third-order valence-corrected chi connectivity index (χ3v) is 4.01. The Morgan fingerprint density at radius 1 is 1.42 bits per heavy atom. The molecule has 1 saturated carbocycles. The van der Waals surface area contributed by atoms with E-state index in [1.165, 1.54) is 12.8 Å². The summed E-state index contributed by atoms with van der Waals surface area (Å²) in [6.07, 6.45) is 3.38. The van der Waals surface area contributed by atoms with E-state index in [9.17, 15) is 4.79 Å². The Hall–Kier alpha value is -0.770. The van der Waals surface area contributed by atoms with Crippen LogP contribution in [0.4, 0.5) is 0 Å². The van der Waals surface area contributed by atoms with Gasteiger partial charge in [0.25, 0.3) is 0 Å². The van der Waals surface area contributed by atoms with Crippen molar-refractivity contribution in [3.05, 3.63) is 33.8 Å². The highest BCUT2D eigenvalue weighted by Gasteiger charge is 2.31. The summed E-state index contributed by atoms with van der Waals surface area (Å²) in [7, 11) is 0. The van der Waals surface area contributed by atoms with Gasteiger partial charge in [0.15, 0.2) is 0 Å². The maximum atomic E-state index is 11.9. The fourth-order valence-corrected chi connectivity index (χ4v) is 2.62. The van der Waals surface area contributed by atoms with E-state index in [-0.39, 0.29) is 11.9 Å². The van der Waals surface area contributed by atoms with E-state index in [4.69, 9.17) is 28.9 Å². The number of benzene rings is 1. The number of hydrogen-bond donors (Lipinski definition) is 2. The van der Waals surface area contributed by atoms with Gasteiger partial charge in [-0.2, -0.15) is 0 Å². The van der Waals surface area contributed by atoms with Crippen molar-refractivity contribution in [2.45, 2.75) is 31.7 Å². The van der Waals surface area contributed by atoms with E-state index in [1.54, 1.807) is 12.1 Å². The third-order valence-electron chi connectivity index (χ3n) is 3.43. The zero-order chi connectivity index (χ0) is 13.8. The lowest BCUT2D eigenvalue weighted by molar-refractivity contribution is -0.121. The molecule has 0 spiro atoms. The van der Waals surface area contributed by atoms with Gasteiger partial charge in [-0.25, -0.2) is 0 Å². The number of carbonyl (C=O) groups excluding carboxylic acids is 1. The highest BCUT2D eigenvalue weighted by molar-refractivity contribution is 6.35. The number of aryl methyl sites for hydroxylation is 1. The molecule has 0 heterocycles. The van der Waals surface area contributed by atoms with Crippen molar-refractivity contribution in [3.63, 3.8) is 0 Å². The first-order valence-electron chi connectivity index (χ1n) is 6.53. The summed E-state index contributed by atoms with van der Waals surface area (Å²) >= 11 is 11.9. The molecule has 1 aliphatic carbocycles. The Morgan fingerprint density at radius 2 is 2.16 bits per heavy atom. The summed E-state index contributed by atoms with van der Waals surface area (Å²) in [4.78, 5) is 11.9. The number of nitrogens with one attached hydrogen (secondary N) is 1. The fourth-order valence-electron chi connectivity index (χ4n) is 2.12. The average Bonchev–Trinajstić information content (AvgIpc) is 3.19. The molecule has 5 heteroatoms. The van der Waals surface area contributed by atoms with Gasteiger partial charge in [0.1, 0.15) is 0 Å². The molecule has 0 aromatic heterocycles. The van der Waals surface area contributed by atoms with Crippen LogP contribution in [0.15, 0.2) is 18.2 Å².